The lowest BCUT2D eigenvalue weighted by Gasteiger charge is -2.12. The monoisotopic (exact) mass is 287 g/mol. The molecule has 0 spiro atoms. The number of nitrogens with one attached hydrogen (secondary N) is 1. The molecule has 0 aliphatic carbocycles. The minimum absolute atomic E-state index is 0.273. The van der Waals surface area contributed by atoms with Crippen LogP contribution in [0.3, 0.4) is 0 Å². The average molecular weight is 287 g/mol. The summed E-state index contributed by atoms with van der Waals surface area (Å²) in [6.45, 7) is 5.26. The summed E-state index contributed by atoms with van der Waals surface area (Å²) in [5.74, 6) is -0.0605. The zero-order valence-corrected chi connectivity index (χ0v) is 12.8. The molecule has 1 atom stereocenters. The van der Waals surface area contributed by atoms with Gasteiger partial charge in [0.1, 0.15) is 0 Å². The predicted molar refractivity (Wildman–Crippen MR) is 85.2 cm³/mol. The maximum Gasteiger partial charge on any atom is 0.165 e. The van der Waals surface area contributed by atoms with Gasteiger partial charge in [0.05, 0.1) is 7.11 Å². The number of likely N-dealkylation sites (N-methyl/N-ethyl adjacent to an activating group) is 1. The van der Waals surface area contributed by atoms with Crippen molar-refractivity contribution in [3.63, 3.8) is 0 Å². The first-order valence-corrected chi connectivity index (χ1v) is 7.30. The van der Waals surface area contributed by atoms with E-state index < -0.39 is 0 Å². The van der Waals surface area contributed by atoms with Gasteiger partial charge in [-0.2, -0.15) is 0 Å². The van der Waals surface area contributed by atoms with Crippen LogP contribution in [0.4, 0.5) is 4.39 Å². The fourth-order valence-electron chi connectivity index (χ4n) is 2.45. The number of hydrogen-bond acceptors (Lipinski definition) is 2. The van der Waals surface area contributed by atoms with Crippen LogP contribution in [0.5, 0.6) is 5.75 Å². The molecule has 0 saturated heterocycles. The molecule has 0 radical (unpaired) electrons. The highest BCUT2D eigenvalue weighted by atomic mass is 19.1. The van der Waals surface area contributed by atoms with Gasteiger partial charge in [-0.3, -0.25) is 0 Å². The lowest BCUT2D eigenvalue weighted by molar-refractivity contribution is 0.386. The van der Waals surface area contributed by atoms with Crippen molar-refractivity contribution in [1.82, 2.24) is 5.32 Å². The third-order valence-corrected chi connectivity index (χ3v) is 3.53. The Morgan fingerprint density at radius 2 is 1.76 bits per heavy atom. The average Bonchev–Trinajstić information content (AvgIpc) is 2.48. The first kappa shape index (κ1) is 15.5. The van der Waals surface area contributed by atoms with Gasteiger partial charge >= 0.3 is 0 Å². The van der Waals surface area contributed by atoms with Crippen LogP contribution in [0, 0.1) is 5.82 Å². The van der Waals surface area contributed by atoms with Gasteiger partial charge in [-0.05, 0) is 48.7 Å². The second-order valence-corrected chi connectivity index (χ2v) is 5.21. The van der Waals surface area contributed by atoms with Crippen molar-refractivity contribution in [3.8, 4) is 16.9 Å². The summed E-state index contributed by atoms with van der Waals surface area (Å²) in [4.78, 5) is 0. The van der Waals surface area contributed by atoms with Crippen LogP contribution in [-0.4, -0.2) is 19.7 Å². The summed E-state index contributed by atoms with van der Waals surface area (Å²) in [6.07, 6.45) is 0.991. The summed E-state index contributed by atoms with van der Waals surface area (Å²) in [5.41, 5.74) is 3.15. The van der Waals surface area contributed by atoms with Crippen molar-refractivity contribution in [3.05, 3.63) is 53.8 Å². The Hall–Kier alpha value is -1.87. The van der Waals surface area contributed by atoms with E-state index in [-0.39, 0.29) is 11.6 Å². The van der Waals surface area contributed by atoms with Crippen molar-refractivity contribution < 1.29 is 9.13 Å². The third-order valence-electron chi connectivity index (χ3n) is 3.53. The molecule has 0 aromatic heterocycles. The smallest absolute Gasteiger partial charge is 0.165 e. The van der Waals surface area contributed by atoms with Crippen LogP contribution < -0.4 is 10.1 Å². The Balaban J connectivity index is 2.13. The molecule has 0 heterocycles. The van der Waals surface area contributed by atoms with Gasteiger partial charge in [0, 0.05) is 6.04 Å². The van der Waals surface area contributed by atoms with Crippen molar-refractivity contribution in [2.24, 2.45) is 0 Å². The second kappa shape index (κ2) is 7.23. The molecular weight excluding hydrogens is 265 g/mol. The van der Waals surface area contributed by atoms with Crippen molar-refractivity contribution >= 4 is 0 Å². The minimum Gasteiger partial charge on any atom is -0.494 e. The lowest BCUT2D eigenvalue weighted by Crippen LogP contribution is -2.27. The summed E-state index contributed by atoms with van der Waals surface area (Å²) in [6, 6.07) is 13.8. The molecule has 2 nitrogen and oxygen atoms in total. The quantitative estimate of drug-likeness (QED) is 0.865. The molecule has 3 heteroatoms. The van der Waals surface area contributed by atoms with Crippen LogP contribution in [0.25, 0.3) is 11.1 Å². The van der Waals surface area contributed by atoms with Gasteiger partial charge in [-0.15, -0.1) is 0 Å². The van der Waals surface area contributed by atoms with E-state index in [1.807, 2.05) is 18.2 Å². The van der Waals surface area contributed by atoms with Crippen LogP contribution in [0.15, 0.2) is 42.5 Å². The van der Waals surface area contributed by atoms with E-state index >= 15 is 0 Å². The molecule has 0 fully saturated rings. The Labute approximate surface area is 126 Å². The third kappa shape index (κ3) is 4.05. The molecule has 0 aliphatic heterocycles. The molecule has 0 saturated carbocycles. The zero-order valence-electron chi connectivity index (χ0n) is 12.8. The molecular formula is C18H22FNO. The predicted octanol–water partition coefficient (Wildman–Crippen LogP) is 4.04. The number of halogens is 1. The largest absolute Gasteiger partial charge is 0.494 e. The molecule has 0 amide bonds. The van der Waals surface area contributed by atoms with Crippen molar-refractivity contribution in [1.29, 1.82) is 0 Å². The van der Waals surface area contributed by atoms with Crippen molar-refractivity contribution in [2.45, 2.75) is 26.3 Å². The molecule has 21 heavy (non-hydrogen) atoms. The second-order valence-electron chi connectivity index (χ2n) is 5.21. The van der Waals surface area contributed by atoms with E-state index in [0.29, 0.717) is 6.04 Å². The van der Waals surface area contributed by atoms with E-state index in [9.17, 15) is 4.39 Å². The molecule has 1 N–H and O–H groups in total. The first-order chi connectivity index (χ1) is 10.1. The topological polar surface area (TPSA) is 21.3 Å². The molecule has 2 aromatic rings. The lowest BCUT2D eigenvalue weighted by atomic mass is 10.0. The number of benzene rings is 2. The van der Waals surface area contributed by atoms with Crippen LogP contribution in [-0.2, 0) is 6.42 Å². The van der Waals surface area contributed by atoms with Gasteiger partial charge in [-0.25, -0.2) is 4.39 Å². The number of hydrogen-bond donors (Lipinski definition) is 1. The first-order valence-electron chi connectivity index (χ1n) is 7.30. The van der Waals surface area contributed by atoms with Crippen LogP contribution in [0.2, 0.25) is 0 Å². The highest BCUT2D eigenvalue weighted by Crippen LogP contribution is 2.25. The van der Waals surface area contributed by atoms with Crippen LogP contribution in [0.1, 0.15) is 19.4 Å². The number of ether oxygens (including phenoxy) is 1. The van der Waals surface area contributed by atoms with Gasteiger partial charge in [0.25, 0.3) is 0 Å². The molecule has 0 bridgehead atoms. The van der Waals surface area contributed by atoms with E-state index in [0.717, 1.165) is 24.1 Å². The summed E-state index contributed by atoms with van der Waals surface area (Å²) >= 11 is 0. The van der Waals surface area contributed by atoms with E-state index in [1.165, 1.54) is 18.7 Å². The highest BCUT2D eigenvalue weighted by Gasteiger charge is 2.06. The summed E-state index contributed by atoms with van der Waals surface area (Å²) < 4.78 is 18.7. The molecule has 1 unspecified atom stereocenters. The van der Waals surface area contributed by atoms with Gasteiger partial charge in [-0.1, -0.05) is 37.3 Å². The fourth-order valence-corrected chi connectivity index (χ4v) is 2.45. The Bertz CT molecular complexity index is 580. The van der Waals surface area contributed by atoms with Crippen molar-refractivity contribution in [2.75, 3.05) is 13.7 Å². The zero-order chi connectivity index (χ0) is 15.2. The summed E-state index contributed by atoms with van der Waals surface area (Å²) in [5, 5.41) is 3.40. The maximum absolute atomic E-state index is 13.7. The van der Waals surface area contributed by atoms with Gasteiger partial charge in [0.15, 0.2) is 11.6 Å². The van der Waals surface area contributed by atoms with Crippen LogP contribution >= 0.6 is 0 Å². The number of rotatable bonds is 6. The Morgan fingerprint density at radius 1 is 1.10 bits per heavy atom. The number of methoxy groups -OCH3 is 1. The molecule has 112 valence electrons. The Morgan fingerprint density at radius 3 is 2.33 bits per heavy atom. The molecule has 0 aliphatic rings. The van der Waals surface area contributed by atoms with Gasteiger partial charge in [0.2, 0.25) is 0 Å². The molecule has 2 aromatic carbocycles. The van der Waals surface area contributed by atoms with E-state index in [2.05, 4.69) is 31.3 Å². The van der Waals surface area contributed by atoms with E-state index in [4.69, 9.17) is 4.74 Å². The fraction of sp³-hybridized carbons (Fsp3) is 0.333. The standard InChI is InChI=1S/C18H22FNO/c1-4-20-13(2)11-14-5-7-15(8-6-14)16-9-10-18(21-3)17(19)12-16/h5-10,12-13,20H,4,11H2,1-3H3. The van der Waals surface area contributed by atoms with E-state index in [1.54, 1.807) is 6.07 Å². The molecule has 2 rings (SSSR count). The normalized spacial score (nSPS) is 12.2. The highest BCUT2D eigenvalue weighted by molar-refractivity contribution is 5.64. The minimum atomic E-state index is -0.333. The Kier molecular flexibility index (Phi) is 5.34. The SMILES string of the molecule is CCNC(C)Cc1ccc(-c2ccc(OC)c(F)c2)cc1. The maximum atomic E-state index is 13.7. The van der Waals surface area contributed by atoms with Gasteiger partial charge < -0.3 is 10.1 Å². The summed E-state index contributed by atoms with van der Waals surface area (Å²) in [7, 11) is 1.47.